The molecule has 5 heteroatoms. The number of carbonyl (C=O) groups is 1. The Morgan fingerprint density at radius 2 is 1.80 bits per heavy atom. The minimum absolute atomic E-state index is 0.224. The van der Waals surface area contributed by atoms with Crippen LogP contribution in [0.15, 0.2) is 42.5 Å². The van der Waals surface area contributed by atoms with E-state index in [-0.39, 0.29) is 5.91 Å². The van der Waals surface area contributed by atoms with Gasteiger partial charge < -0.3 is 10.2 Å². The van der Waals surface area contributed by atoms with E-state index in [2.05, 4.69) is 5.32 Å². The zero-order chi connectivity index (χ0) is 14.7. The van der Waals surface area contributed by atoms with Crippen molar-refractivity contribution in [2.45, 2.75) is 0 Å². The van der Waals surface area contributed by atoms with E-state index in [1.54, 1.807) is 24.3 Å². The van der Waals surface area contributed by atoms with Crippen molar-refractivity contribution in [1.29, 1.82) is 0 Å². The molecule has 0 spiro atoms. The Bertz CT molecular complexity index is 642. The molecule has 2 aromatic rings. The van der Waals surface area contributed by atoms with Crippen molar-refractivity contribution in [1.82, 2.24) is 0 Å². The van der Waals surface area contributed by atoms with Crippen LogP contribution in [0, 0.1) is 0 Å². The Morgan fingerprint density at radius 3 is 2.50 bits per heavy atom. The molecule has 1 amide bonds. The molecular weight excluding hydrogens is 295 g/mol. The number of carbonyl (C=O) groups excluding carboxylic acids is 1. The number of anilines is 2. The topological polar surface area (TPSA) is 32.3 Å². The van der Waals surface area contributed by atoms with Crippen molar-refractivity contribution in [3.05, 3.63) is 58.1 Å². The second-order valence-corrected chi connectivity index (χ2v) is 5.29. The van der Waals surface area contributed by atoms with E-state index < -0.39 is 0 Å². The van der Waals surface area contributed by atoms with E-state index >= 15 is 0 Å². The third kappa shape index (κ3) is 3.24. The Labute approximate surface area is 128 Å². The van der Waals surface area contributed by atoms with Crippen LogP contribution in [0.2, 0.25) is 10.0 Å². The number of hydrogen-bond donors (Lipinski definition) is 1. The Morgan fingerprint density at radius 1 is 1.10 bits per heavy atom. The largest absolute Gasteiger partial charge is 0.378 e. The number of halogens is 2. The van der Waals surface area contributed by atoms with Crippen LogP contribution in [-0.2, 0) is 0 Å². The number of benzene rings is 2. The number of nitrogens with zero attached hydrogens (tertiary/aromatic N) is 1. The first-order valence-electron chi connectivity index (χ1n) is 6.02. The summed E-state index contributed by atoms with van der Waals surface area (Å²) >= 11 is 12.0. The van der Waals surface area contributed by atoms with E-state index in [9.17, 15) is 4.79 Å². The van der Waals surface area contributed by atoms with E-state index in [1.165, 1.54) is 0 Å². The molecule has 0 aromatic heterocycles. The lowest BCUT2D eigenvalue weighted by Crippen LogP contribution is -2.14. The van der Waals surface area contributed by atoms with Crippen LogP contribution >= 0.6 is 23.2 Å². The van der Waals surface area contributed by atoms with Gasteiger partial charge in [0.15, 0.2) is 0 Å². The molecule has 0 aliphatic carbocycles. The number of amides is 1. The quantitative estimate of drug-likeness (QED) is 0.916. The first kappa shape index (κ1) is 14.7. The standard InChI is InChI=1S/C15H14Cl2N2O/c1-19(2)11-6-3-5-10(9-11)15(20)18-13-8-4-7-12(16)14(13)17/h3-9H,1-2H3,(H,18,20). The van der Waals surface area contributed by atoms with Crippen molar-refractivity contribution < 1.29 is 4.79 Å². The fourth-order valence-corrected chi connectivity index (χ4v) is 2.07. The Balaban J connectivity index is 2.24. The van der Waals surface area contributed by atoms with Gasteiger partial charge in [0.1, 0.15) is 0 Å². The van der Waals surface area contributed by atoms with Gasteiger partial charge in [0.05, 0.1) is 15.7 Å². The van der Waals surface area contributed by atoms with Gasteiger partial charge in [0, 0.05) is 25.3 Å². The highest BCUT2D eigenvalue weighted by atomic mass is 35.5. The summed E-state index contributed by atoms with van der Waals surface area (Å²) < 4.78 is 0. The maximum atomic E-state index is 12.2. The molecular formula is C15H14Cl2N2O. The fraction of sp³-hybridized carbons (Fsp3) is 0.133. The Kier molecular flexibility index (Phi) is 4.53. The van der Waals surface area contributed by atoms with Gasteiger partial charge in [0.25, 0.3) is 5.91 Å². The van der Waals surface area contributed by atoms with Gasteiger partial charge in [-0.25, -0.2) is 0 Å². The first-order chi connectivity index (χ1) is 9.49. The average Bonchev–Trinajstić information content (AvgIpc) is 2.44. The molecule has 0 bridgehead atoms. The van der Waals surface area contributed by atoms with Crippen LogP contribution in [0.3, 0.4) is 0 Å². The lowest BCUT2D eigenvalue weighted by atomic mass is 10.1. The van der Waals surface area contributed by atoms with Crippen LogP contribution in [0.5, 0.6) is 0 Å². The molecule has 104 valence electrons. The van der Waals surface area contributed by atoms with Gasteiger partial charge in [0.2, 0.25) is 0 Å². The molecule has 0 aliphatic rings. The van der Waals surface area contributed by atoms with Crippen LogP contribution in [-0.4, -0.2) is 20.0 Å². The van der Waals surface area contributed by atoms with Crippen molar-refractivity contribution in [2.75, 3.05) is 24.3 Å². The first-order valence-corrected chi connectivity index (χ1v) is 6.77. The summed E-state index contributed by atoms with van der Waals surface area (Å²) in [7, 11) is 3.84. The van der Waals surface area contributed by atoms with E-state index in [4.69, 9.17) is 23.2 Å². The van der Waals surface area contributed by atoms with Crippen LogP contribution < -0.4 is 10.2 Å². The third-order valence-electron chi connectivity index (χ3n) is 2.82. The summed E-state index contributed by atoms with van der Waals surface area (Å²) in [4.78, 5) is 14.2. The summed E-state index contributed by atoms with van der Waals surface area (Å²) in [6, 6.07) is 12.5. The Hall–Kier alpha value is -1.71. The van der Waals surface area contributed by atoms with Crippen molar-refractivity contribution in [3.63, 3.8) is 0 Å². The molecule has 20 heavy (non-hydrogen) atoms. The summed E-state index contributed by atoms with van der Waals surface area (Å²) in [5.41, 5.74) is 2.02. The van der Waals surface area contributed by atoms with E-state index in [1.807, 2.05) is 37.2 Å². The molecule has 1 N–H and O–H groups in total. The molecule has 2 aromatic carbocycles. The highest BCUT2D eigenvalue weighted by Gasteiger charge is 2.11. The van der Waals surface area contributed by atoms with Gasteiger partial charge >= 0.3 is 0 Å². The summed E-state index contributed by atoms with van der Waals surface area (Å²) in [6.45, 7) is 0. The second kappa shape index (κ2) is 6.16. The second-order valence-electron chi connectivity index (χ2n) is 4.50. The van der Waals surface area contributed by atoms with E-state index in [0.29, 0.717) is 21.3 Å². The minimum atomic E-state index is -0.224. The number of nitrogens with one attached hydrogen (secondary N) is 1. The maximum absolute atomic E-state index is 12.2. The maximum Gasteiger partial charge on any atom is 0.255 e. The predicted molar refractivity (Wildman–Crippen MR) is 85.2 cm³/mol. The molecule has 0 saturated heterocycles. The molecule has 0 aliphatic heterocycles. The normalized spacial score (nSPS) is 10.2. The summed E-state index contributed by atoms with van der Waals surface area (Å²) in [6.07, 6.45) is 0. The summed E-state index contributed by atoms with van der Waals surface area (Å²) in [5, 5.41) is 3.51. The number of hydrogen-bond acceptors (Lipinski definition) is 2. The zero-order valence-electron chi connectivity index (χ0n) is 11.2. The van der Waals surface area contributed by atoms with Crippen LogP contribution in [0.25, 0.3) is 0 Å². The molecule has 0 saturated carbocycles. The average molecular weight is 309 g/mol. The minimum Gasteiger partial charge on any atom is -0.378 e. The van der Waals surface area contributed by atoms with Gasteiger partial charge in [-0.05, 0) is 30.3 Å². The molecule has 0 atom stereocenters. The monoisotopic (exact) mass is 308 g/mol. The van der Waals surface area contributed by atoms with Gasteiger partial charge in [-0.2, -0.15) is 0 Å². The number of rotatable bonds is 3. The van der Waals surface area contributed by atoms with Crippen LogP contribution in [0.4, 0.5) is 11.4 Å². The van der Waals surface area contributed by atoms with Crippen molar-refractivity contribution >= 4 is 40.5 Å². The molecule has 0 fully saturated rings. The fourth-order valence-electron chi connectivity index (χ4n) is 1.72. The highest BCUT2D eigenvalue weighted by Crippen LogP contribution is 2.29. The van der Waals surface area contributed by atoms with Gasteiger partial charge in [-0.1, -0.05) is 35.3 Å². The molecule has 0 heterocycles. The van der Waals surface area contributed by atoms with Gasteiger partial charge in [-0.3, -0.25) is 4.79 Å². The highest BCUT2D eigenvalue weighted by molar-refractivity contribution is 6.44. The van der Waals surface area contributed by atoms with Crippen LogP contribution in [0.1, 0.15) is 10.4 Å². The van der Waals surface area contributed by atoms with Crippen molar-refractivity contribution in [2.24, 2.45) is 0 Å². The molecule has 0 unspecified atom stereocenters. The SMILES string of the molecule is CN(C)c1cccc(C(=O)Nc2cccc(Cl)c2Cl)c1. The predicted octanol–water partition coefficient (Wildman–Crippen LogP) is 4.31. The molecule has 0 radical (unpaired) electrons. The van der Waals surface area contributed by atoms with Gasteiger partial charge in [-0.15, -0.1) is 0 Å². The molecule has 3 nitrogen and oxygen atoms in total. The van der Waals surface area contributed by atoms with E-state index in [0.717, 1.165) is 5.69 Å². The lowest BCUT2D eigenvalue weighted by molar-refractivity contribution is 0.102. The molecule has 2 rings (SSSR count). The smallest absolute Gasteiger partial charge is 0.255 e. The lowest BCUT2D eigenvalue weighted by Gasteiger charge is -2.14. The summed E-state index contributed by atoms with van der Waals surface area (Å²) in [5.74, 6) is -0.224. The van der Waals surface area contributed by atoms with Crippen molar-refractivity contribution in [3.8, 4) is 0 Å². The third-order valence-corrected chi connectivity index (χ3v) is 3.64. The zero-order valence-corrected chi connectivity index (χ0v) is 12.7.